The Morgan fingerprint density at radius 1 is 0.482 bits per heavy atom. The molecule has 0 saturated carbocycles. The largest absolute Gasteiger partial charge is 0.457 e. The molecule has 2 heterocycles. The van der Waals surface area contributed by atoms with Crippen molar-refractivity contribution in [3.63, 3.8) is 0 Å². The van der Waals surface area contributed by atoms with Gasteiger partial charge in [-0.1, -0.05) is 64.1 Å². The van der Waals surface area contributed by atoms with Gasteiger partial charge in [0.25, 0.3) is 0 Å². The zero-order chi connectivity index (χ0) is 39.1. The SMILES string of the molecule is CCC(=O)OC1CCC(OC(=O)CC)c2cc(-c3cc4c(s3)C=CC3c5cc(-c6ccc7c(c6)C(OC(=O)CC)CCC7OC(=O)CC)sc5C=CC43)ccc21. The molecule has 6 atom stereocenters. The topological polar surface area (TPSA) is 105 Å². The molecule has 8 nitrogen and oxygen atoms in total. The van der Waals surface area contributed by atoms with Gasteiger partial charge in [0.15, 0.2) is 0 Å². The highest BCUT2D eigenvalue weighted by Gasteiger charge is 2.36. The van der Waals surface area contributed by atoms with Crippen molar-refractivity contribution in [3.8, 4) is 20.9 Å². The Morgan fingerprint density at radius 2 is 0.821 bits per heavy atom. The van der Waals surface area contributed by atoms with Gasteiger partial charge in [0.2, 0.25) is 0 Å². The number of ether oxygens (including phenoxy) is 4. The van der Waals surface area contributed by atoms with Crippen molar-refractivity contribution in [3.05, 3.63) is 104 Å². The fourth-order valence-corrected chi connectivity index (χ4v) is 10.7. The first-order valence-electron chi connectivity index (χ1n) is 19.9. The van der Waals surface area contributed by atoms with Crippen molar-refractivity contribution in [2.75, 3.05) is 0 Å². The third-order valence-electron chi connectivity index (χ3n) is 11.4. The van der Waals surface area contributed by atoms with Crippen LogP contribution in [0.15, 0.2) is 60.7 Å². The summed E-state index contributed by atoms with van der Waals surface area (Å²) in [6, 6.07) is 17.1. The van der Waals surface area contributed by atoms with E-state index in [2.05, 4.69) is 60.7 Å². The number of hydrogen-bond donors (Lipinski definition) is 0. The number of carbonyl (C=O) groups is 4. The van der Waals surface area contributed by atoms with Gasteiger partial charge >= 0.3 is 23.9 Å². The molecule has 0 bridgehead atoms. The lowest BCUT2D eigenvalue weighted by molar-refractivity contribution is -0.155. The molecule has 2 aromatic heterocycles. The van der Waals surface area contributed by atoms with E-state index >= 15 is 0 Å². The van der Waals surface area contributed by atoms with Crippen molar-refractivity contribution in [2.45, 2.75) is 115 Å². The highest BCUT2D eigenvalue weighted by Crippen LogP contribution is 2.53. The number of carbonyl (C=O) groups excluding carboxylic acids is 4. The predicted octanol–water partition coefficient (Wildman–Crippen LogP) is 11.6. The minimum Gasteiger partial charge on any atom is -0.457 e. The van der Waals surface area contributed by atoms with E-state index < -0.39 is 0 Å². The van der Waals surface area contributed by atoms with Gasteiger partial charge < -0.3 is 18.9 Å². The summed E-state index contributed by atoms with van der Waals surface area (Å²) < 4.78 is 23.4. The predicted molar refractivity (Wildman–Crippen MR) is 218 cm³/mol. The third-order valence-corrected chi connectivity index (χ3v) is 13.7. The summed E-state index contributed by atoms with van der Waals surface area (Å²) in [6.07, 6.45) is 11.3. The number of benzene rings is 2. The van der Waals surface area contributed by atoms with Crippen LogP contribution >= 0.6 is 22.7 Å². The summed E-state index contributed by atoms with van der Waals surface area (Å²) in [5, 5.41) is 0. The lowest BCUT2D eigenvalue weighted by Crippen LogP contribution is -2.22. The normalized spacial score (nSPS) is 22.8. The Morgan fingerprint density at radius 3 is 1.16 bits per heavy atom. The molecule has 0 fully saturated rings. The fourth-order valence-electron chi connectivity index (χ4n) is 8.41. The van der Waals surface area contributed by atoms with Gasteiger partial charge in [-0.2, -0.15) is 0 Å². The first kappa shape index (κ1) is 38.1. The fraction of sp³-hybridized carbons (Fsp3) is 0.391. The average molecular weight is 791 g/mol. The van der Waals surface area contributed by atoms with Crippen LogP contribution in [-0.2, 0) is 38.1 Å². The van der Waals surface area contributed by atoms with E-state index in [4.69, 9.17) is 18.9 Å². The van der Waals surface area contributed by atoms with Gasteiger partial charge in [-0.25, -0.2) is 0 Å². The number of rotatable bonds is 10. The van der Waals surface area contributed by atoms with Crippen LogP contribution < -0.4 is 0 Å². The van der Waals surface area contributed by atoms with Gasteiger partial charge in [0, 0.05) is 57.0 Å². The molecule has 4 aromatic rings. The molecule has 8 rings (SSSR count). The summed E-state index contributed by atoms with van der Waals surface area (Å²) in [7, 11) is 0. The number of allylic oxidation sites excluding steroid dienone is 2. The van der Waals surface area contributed by atoms with Crippen LogP contribution in [0.2, 0.25) is 0 Å². The molecule has 0 radical (unpaired) electrons. The molecule has 0 amide bonds. The average Bonchev–Trinajstić information content (AvgIpc) is 3.87. The molecule has 10 heteroatoms. The van der Waals surface area contributed by atoms with Gasteiger partial charge in [0.05, 0.1) is 0 Å². The Hall–Kier alpha value is -4.80. The van der Waals surface area contributed by atoms with Crippen LogP contribution in [0.5, 0.6) is 0 Å². The van der Waals surface area contributed by atoms with Crippen molar-refractivity contribution >= 4 is 58.7 Å². The number of fused-ring (bicyclic) bond motifs is 7. The van der Waals surface area contributed by atoms with E-state index in [1.165, 1.54) is 20.9 Å². The Bertz CT molecular complexity index is 2100. The maximum Gasteiger partial charge on any atom is 0.306 e. The highest BCUT2D eigenvalue weighted by molar-refractivity contribution is 7.17. The summed E-state index contributed by atoms with van der Waals surface area (Å²) in [4.78, 5) is 54.1. The molecule has 4 aliphatic carbocycles. The Kier molecular flexibility index (Phi) is 10.9. The molecular weight excluding hydrogens is 745 g/mol. The maximum atomic E-state index is 12.4. The van der Waals surface area contributed by atoms with E-state index in [9.17, 15) is 19.2 Å². The minimum absolute atomic E-state index is 0.180. The van der Waals surface area contributed by atoms with Crippen molar-refractivity contribution in [2.24, 2.45) is 0 Å². The van der Waals surface area contributed by atoms with Crippen LogP contribution in [0.25, 0.3) is 33.0 Å². The first-order valence-corrected chi connectivity index (χ1v) is 21.5. The monoisotopic (exact) mass is 790 g/mol. The lowest BCUT2D eigenvalue weighted by atomic mass is 9.75. The molecule has 4 aliphatic rings. The quantitative estimate of drug-likeness (QED) is 0.115. The number of hydrogen-bond acceptors (Lipinski definition) is 10. The van der Waals surface area contributed by atoms with Gasteiger partial charge in [0.1, 0.15) is 24.4 Å². The van der Waals surface area contributed by atoms with Crippen molar-refractivity contribution in [1.82, 2.24) is 0 Å². The van der Waals surface area contributed by atoms with E-state index in [0.717, 1.165) is 43.1 Å². The van der Waals surface area contributed by atoms with Gasteiger partial charge in [-0.05, 0) is 107 Å². The minimum atomic E-state index is -0.382. The highest BCUT2D eigenvalue weighted by atomic mass is 32.1. The Labute approximate surface area is 335 Å². The molecule has 0 spiro atoms. The van der Waals surface area contributed by atoms with E-state index in [0.29, 0.717) is 51.4 Å². The van der Waals surface area contributed by atoms with E-state index in [1.807, 2.05) is 12.1 Å². The van der Waals surface area contributed by atoms with Crippen LogP contribution in [0.3, 0.4) is 0 Å². The molecular formula is C46H46O8S2. The number of esters is 4. The first-order chi connectivity index (χ1) is 27.2. The second-order valence-corrected chi connectivity index (χ2v) is 17.0. The van der Waals surface area contributed by atoms with Crippen molar-refractivity contribution in [1.29, 1.82) is 0 Å². The standard InChI is InChI=1S/C46H46O8S2/c1-5-43(47)51-35-15-17-37(53-45(49)7-3)31-21-25(9-11-29(31)35)41-23-33-27-14-20-40-34(28(27)13-19-39(33)55-41)24-42(56-40)26-10-12-30-32(22-26)38(54-46(50)8-4)18-16-36(30)52-44(48)6-2/h9-14,19-24,27-28,35-38H,5-8,15-18H2,1-4H3. The Balaban J connectivity index is 1.07. The molecule has 6 unspecified atom stereocenters. The molecule has 0 aliphatic heterocycles. The number of thiophene rings is 2. The summed E-state index contributed by atoms with van der Waals surface area (Å²) in [6.45, 7) is 7.18. The molecule has 290 valence electrons. The van der Waals surface area contributed by atoms with Crippen molar-refractivity contribution < 1.29 is 38.1 Å². The van der Waals surface area contributed by atoms with Crippen LogP contribution in [-0.4, -0.2) is 23.9 Å². The molecule has 56 heavy (non-hydrogen) atoms. The van der Waals surface area contributed by atoms with E-state index in [-0.39, 0.29) is 60.1 Å². The van der Waals surface area contributed by atoms with Gasteiger partial charge in [-0.3, -0.25) is 19.2 Å². The second kappa shape index (κ2) is 16.0. The molecule has 0 saturated heterocycles. The van der Waals surface area contributed by atoms with Gasteiger partial charge in [-0.15, -0.1) is 22.7 Å². The van der Waals surface area contributed by atoms with E-state index in [1.54, 1.807) is 50.4 Å². The third kappa shape index (κ3) is 7.29. The summed E-state index contributed by atoms with van der Waals surface area (Å²) in [5.74, 6) is -0.597. The zero-order valence-corrected chi connectivity index (χ0v) is 33.8. The summed E-state index contributed by atoms with van der Waals surface area (Å²) >= 11 is 3.52. The van der Waals surface area contributed by atoms with Crippen LogP contribution in [0.1, 0.15) is 158 Å². The smallest absolute Gasteiger partial charge is 0.306 e. The molecule has 0 N–H and O–H groups in total. The lowest BCUT2D eigenvalue weighted by Gasteiger charge is -2.31. The maximum absolute atomic E-state index is 12.4. The van der Waals surface area contributed by atoms with Crippen LogP contribution in [0.4, 0.5) is 0 Å². The summed E-state index contributed by atoms with van der Waals surface area (Å²) in [5.41, 5.74) is 8.31. The second-order valence-electron chi connectivity index (χ2n) is 14.8. The zero-order valence-electron chi connectivity index (χ0n) is 32.1. The molecule has 2 aromatic carbocycles. The van der Waals surface area contributed by atoms with Crippen LogP contribution in [0, 0.1) is 0 Å².